The maximum Gasteiger partial charge on any atom is 0.222 e. The van der Waals surface area contributed by atoms with Crippen LogP contribution in [0.1, 0.15) is 72.1 Å². The van der Waals surface area contributed by atoms with E-state index in [0.29, 0.717) is 24.9 Å². The van der Waals surface area contributed by atoms with E-state index >= 15 is 0 Å². The highest BCUT2D eigenvalue weighted by Crippen LogP contribution is 2.39. The van der Waals surface area contributed by atoms with Gasteiger partial charge in [0.2, 0.25) is 5.91 Å². The van der Waals surface area contributed by atoms with Gasteiger partial charge in [0.25, 0.3) is 0 Å². The van der Waals surface area contributed by atoms with Gasteiger partial charge in [-0.05, 0) is 55.9 Å². The smallest absolute Gasteiger partial charge is 0.222 e. The molecule has 3 atom stereocenters. The largest absolute Gasteiger partial charge is 0.339 e. The molecule has 3 nitrogen and oxygen atoms in total. The topological polar surface area (TPSA) is 46.3 Å². The number of carbonyl (C=O) groups excluding carboxylic acids is 1. The van der Waals surface area contributed by atoms with E-state index in [0.717, 1.165) is 31.2 Å². The van der Waals surface area contributed by atoms with Gasteiger partial charge in [-0.15, -0.1) is 0 Å². The minimum Gasteiger partial charge on any atom is -0.339 e. The van der Waals surface area contributed by atoms with Gasteiger partial charge in [-0.2, -0.15) is 0 Å². The van der Waals surface area contributed by atoms with Crippen molar-refractivity contribution in [1.82, 2.24) is 4.90 Å². The molecule has 2 aliphatic rings. The number of nitrogens with two attached hydrogens (primary N) is 1. The van der Waals surface area contributed by atoms with Crippen molar-refractivity contribution in [2.24, 2.45) is 23.0 Å². The fourth-order valence-corrected chi connectivity index (χ4v) is 4.33. The van der Waals surface area contributed by atoms with Gasteiger partial charge in [-0.25, -0.2) is 0 Å². The Morgan fingerprint density at radius 1 is 1.19 bits per heavy atom. The summed E-state index contributed by atoms with van der Waals surface area (Å²) in [6.45, 7) is 8.55. The number of carbonyl (C=O) groups is 1. The molecule has 3 unspecified atom stereocenters. The lowest BCUT2D eigenvalue weighted by molar-refractivity contribution is -0.139. The molecule has 21 heavy (non-hydrogen) atoms. The SMILES string of the molecule is CC1CCN(C(=O)CCC(C)(C)CCN)C2CCCCC12. The third kappa shape index (κ3) is 4.21. The fourth-order valence-electron chi connectivity index (χ4n) is 4.33. The number of amides is 1. The molecule has 0 bridgehead atoms. The highest BCUT2D eigenvalue weighted by Gasteiger charge is 2.39. The normalized spacial score (nSPS) is 30.1. The summed E-state index contributed by atoms with van der Waals surface area (Å²) in [5, 5.41) is 0. The number of nitrogens with zero attached hydrogens (tertiary/aromatic N) is 1. The standard InChI is InChI=1S/C18H34N2O/c1-14-9-13-20(16-7-5-4-6-15(14)16)17(21)8-10-18(2,3)11-12-19/h14-16H,4-13,19H2,1-3H3. The van der Waals surface area contributed by atoms with Crippen LogP contribution in [-0.2, 0) is 4.79 Å². The van der Waals surface area contributed by atoms with Crippen molar-refractivity contribution in [3.63, 3.8) is 0 Å². The lowest BCUT2D eigenvalue weighted by Crippen LogP contribution is -2.52. The van der Waals surface area contributed by atoms with E-state index in [-0.39, 0.29) is 5.41 Å². The number of hydrogen-bond donors (Lipinski definition) is 1. The molecule has 0 radical (unpaired) electrons. The fraction of sp³-hybridized carbons (Fsp3) is 0.944. The Bertz CT molecular complexity index is 353. The monoisotopic (exact) mass is 294 g/mol. The Kier molecular flexibility index (Phi) is 5.70. The average molecular weight is 294 g/mol. The second kappa shape index (κ2) is 7.13. The van der Waals surface area contributed by atoms with E-state index < -0.39 is 0 Å². The number of rotatable bonds is 5. The van der Waals surface area contributed by atoms with Gasteiger partial charge in [0.05, 0.1) is 0 Å². The van der Waals surface area contributed by atoms with E-state index in [9.17, 15) is 4.79 Å². The predicted octanol–water partition coefficient (Wildman–Crippen LogP) is 3.57. The van der Waals surface area contributed by atoms with Crippen LogP contribution in [0.5, 0.6) is 0 Å². The highest BCUT2D eigenvalue weighted by atomic mass is 16.2. The van der Waals surface area contributed by atoms with E-state index in [2.05, 4.69) is 25.7 Å². The molecular formula is C18H34N2O. The first-order valence-corrected chi connectivity index (χ1v) is 8.94. The predicted molar refractivity (Wildman–Crippen MR) is 87.9 cm³/mol. The van der Waals surface area contributed by atoms with Crippen molar-refractivity contribution in [2.75, 3.05) is 13.1 Å². The van der Waals surface area contributed by atoms with Crippen LogP contribution in [0.25, 0.3) is 0 Å². The van der Waals surface area contributed by atoms with Crippen LogP contribution >= 0.6 is 0 Å². The maximum atomic E-state index is 12.7. The van der Waals surface area contributed by atoms with Gasteiger partial charge in [0.1, 0.15) is 0 Å². The van der Waals surface area contributed by atoms with E-state index in [1.165, 1.54) is 32.1 Å². The Morgan fingerprint density at radius 3 is 2.62 bits per heavy atom. The van der Waals surface area contributed by atoms with Crippen LogP contribution in [0.4, 0.5) is 0 Å². The Morgan fingerprint density at radius 2 is 1.90 bits per heavy atom. The molecule has 1 saturated carbocycles. The lowest BCUT2D eigenvalue weighted by atomic mass is 9.72. The first-order chi connectivity index (χ1) is 9.94. The molecule has 1 aliphatic carbocycles. The molecule has 122 valence electrons. The molecular weight excluding hydrogens is 260 g/mol. The summed E-state index contributed by atoms with van der Waals surface area (Å²) in [6.07, 6.45) is 9.08. The van der Waals surface area contributed by atoms with Crippen molar-refractivity contribution in [1.29, 1.82) is 0 Å². The van der Waals surface area contributed by atoms with Crippen LogP contribution in [0, 0.1) is 17.3 Å². The van der Waals surface area contributed by atoms with E-state index in [1.54, 1.807) is 0 Å². The van der Waals surface area contributed by atoms with E-state index in [1.807, 2.05) is 0 Å². The highest BCUT2D eigenvalue weighted by molar-refractivity contribution is 5.76. The minimum absolute atomic E-state index is 0.194. The van der Waals surface area contributed by atoms with Gasteiger partial charge in [0.15, 0.2) is 0 Å². The number of piperidine rings is 1. The summed E-state index contributed by atoms with van der Waals surface area (Å²) >= 11 is 0. The summed E-state index contributed by atoms with van der Waals surface area (Å²) in [5.74, 6) is 1.95. The van der Waals surface area contributed by atoms with Crippen LogP contribution < -0.4 is 5.73 Å². The quantitative estimate of drug-likeness (QED) is 0.842. The zero-order valence-electron chi connectivity index (χ0n) is 14.2. The zero-order valence-corrected chi connectivity index (χ0v) is 14.2. The van der Waals surface area contributed by atoms with Crippen LogP contribution in [-0.4, -0.2) is 29.9 Å². The first-order valence-electron chi connectivity index (χ1n) is 8.94. The molecule has 1 aliphatic heterocycles. The lowest BCUT2D eigenvalue weighted by Gasteiger charge is -2.47. The van der Waals surface area contributed by atoms with Crippen molar-refractivity contribution in [2.45, 2.75) is 78.2 Å². The molecule has 3 heteroatoms. The van der Waals surface area contributed by atoms with Gasteiger partial charge in [0, 0.05) is 19.0 Å². The number of likely N-dealkylation sites (tertiary alicyclic amines) is 1. The van der Waals surface area contributed by atoms with Gasteiger partial charge in [-0.3, -0.25) is 4.79 Å². The first kappa shape index (κ1) is 16.8. The molecule has 1 heterocycles. The molecule has 0 aromatic rings. The third-order valence-electron chi connectivity index (χ3n) is 5.90. The average Bonchev–Trinajstić information content (AvgIpc) is 2.46. The summed E-state index contributed by atoms with van der Waals surface area (Å²) < 4.78 is 0. The molecule has 0 aromatic heterocycles. The third-order valence-corrected chi connectivity index (χ3v) is 5.90. The summed E-state index contributed by atoms with van der Waals surface area (Å²) in [4.78, 5) is 14.9. The van der Waals surface area contributed by atoms with Crippen LogP contribution in [0.15, 0.2) is 0 Å². The van der Waals surface area contributed by atoms with E-state index in [4.69, 9.17) is 5.73 Å². The van der Waals surface area contributed by atoms with Gasteiger partial charge < -0.3 is 10.6 Å². The van der Waals surface area contributed by atoms with Crippen LogP contribution in [0.3, 0.4) is 0 Å². The Labute approximate surface area is 130 Å². The zero-order chi connectivity index (χ0) is 15.5. The number of hydrogen-bond acceptors (Lipinski definition) is 2. The van der Waals surface area contributed by atoms with Crippen molar-refractivity contribution >= 4 is 5.91 Å². The second-order valence-corrected chi connectivity index (χ2v) is 8.07. The molecule has 0 aromatic carbocycles. The molecule has 0 spiro atoms. The Balaban J connectivity index is 1.92. The summed E-state index contributed by atoms with van der Waals surface area (Å²) in [5.41, 5.74) is 5.87. The number of fused-ring (bicyclic) bond motifs is 1. The van der Waals surface area contributed by atoms with Crippen molar-refractivity contribution < 1.29 is 4.79 Å². The van der Waals surface area contributed by atoms with Crippen molar-refractivity contribution in [3.8, 4) is 0 Å². The van der Waals surface area contributed by atoms with Gasteiger partial charge >= 0.3 is 0 Å². The molecule has 2 rings (SSSR count). The second-order valence-electron chi connectivity index (χ2n) is 8.07. The minimum atomic E-state index is 0.194. The molecule has 2 N–H and O–H groups in total. The maximum absolute atomic E-state index is 12.7. The molecule has 1 saturated heterocycles. The summed E-state index contributed by atoms with van der Waals surface area (Å²) in [6, 6.07) is 0.535. The summed E-state index contributed by atoms with van der Waals surface area (Å²) in [7, 11) is 0. The molecule has 1 amide bonds. The Hall–Kier alpha value is -0.570. The van der Waals surface area contributed by atoms with Crippen LogP contribution in [0.2, 0.25) is 0 Å². The van der Waals surface area contributed by atoms with Crippen molar-refractivity contribution in [3.05, 3.63) is 0 Å². The van der Waals surface area contributed by atoms with Gasteiger partial charge in [-0.1, -0.05) is 33.6 Å². The molecule has 2 fully saturated rings.